The van der Waals surface area contributed by atoms with Crippen molar-refractivity contribution < 1.29 is 0 Å². The van der Waals surface area contributed by atoms with Crippen LogP contribution in [0.2, 0.25) is 10.0 Å². The minimum Gasteiger partial charge on any atom is -0.343 e. The van der Waals surface area contributed by atoms with Crippen molar-refractivity contribution in [3.05, 3.63) is 63.6 Å². The molecule has 2 aliphatic heterocycles. The molecule has 0 bridgehead atoms. The van der Waals surface area contributed by atoms with Crippen LogP contribution in [0.1, 0.15) is 24.0 Å². The first-order valence-corrected chi connectivity index (χ1v) is 10.5. The second-order valence-corrected chi connectivity index (χ2v) is 8.89. The Hall–Kier alpha value is -1.16. The number of rotatable bonds is 2. The van der Waals surface area contributed by atoms with E-state index in [4.69, 9.17) is 28.2 Å². The van der Waals surface area contributed by atoms with E-state index in [1.54, 1.807) is 0 Å². The first-order chi connectivity index (χ1) is 12.1. The highest BCUT2D eigenvalue weighted by Crippen LogP contribution is 2.44. The molecular weight excluding hydrogens is 371 g/mol. The summed E-state index contributed by atoms with van der Waals surface area (Å²) in [6.07, 6.45) is 3.33. The van der Waals surface area contributed by atoms with Crippen molar-refractivity contribution in [3.8, 4) is 0 Å². The number of nitrogens with zero attached hydrogens (tertiary/aromatic N) is 1. The molecule has 1 spiro atoms. The van der Waals surface area contributed by atoms with Crippen molar-refractivity contribution in [1.82, 2.24) is 0 Å². The maximum Gasteiger partial charge on any atom is 0.108 e. The Morgan fingerprint density at radius 3 is 2.64 bits per heavy atom. The monoisotopic (exact) mass is 390 g/mol. The fourth-order valence-corrected chi connectivity index (χ4v) is 5.41. The van der Waals surface area contributed by atoms with Crippen molar-refractivity contribution >= 4 is 46.5 Å². The van der Waals surface area contributed by atoms with Crippen molar-refractivity contribution in [1.29, 1.82) is 0 Å². The zero-order chi connectivity index (χ0) is 17.3. The van der Waals surface area contributed by atoms with E-state index >= 15 is 0 Å². The van der Waals surface area contributed by atoms with Gasteiger partial charge in [0.1, 0.15) is 5.84 Å². The maximum absolute atomic E-state index is 6.22. The molecule has 4 rings (SSSR count). The smallest absolute Gasteiger partial charge is 0.108 e. The molecule has 2 aromatic rings. The van der Waals surface area contributed by atoms with Gasteiger partial charge in [-0.3, -0.25) is 4.99 Å². The number of hydrogen-bond donors (Lipinski definition) is 1. The lowest BCUT2D eigenvalue weighted by Gasteiger charge is -2.42. The molecule has 0 atom stereocenters. The van der Waals surface area contributed by atoms with Gasteiger partial charge < -0.3 is 5.32 Å². The van der Waals surface area contributed by atoms with Gasteiger partial charge in [-0.25, -0.2) is 0 Å². The van der Waals surface area contributed by atoms with Gasteiger partial charge in [0, 0.05) is 21.1 Å². The summed E-state index contributed by atoms with van der Waals surface area (Å²) >= 11 is 14.4. The van der Waals surface area contributed by atoms with E-state index in [0.717, 1.165) is 46.4 Å². The molecule has 2 nitrogen and oxygen atoms in total. The third-order valence-corrected chi connectivity index (χ3v) is 6.57. The fourth-order valence-electron chi connectivity index (χ4n) is 3.73. The molecular formula is C20H20Cl2N2S. The van der Waals surface area contributed by atoms with E-state index in [9.17, 15) is 0 Å². The summed E-state index contributed by atoms with van der Waals surface area (Å²) in [4.78, 5) is 5.00. The number of fused-ring (bicyclic) bond motifs is 1. The van der Waals surface area contributed by atoms with Crippen LogP contribution in [0.5, 0.6) is 0 Å². The van der Waals surface area contributed by atoms with Gasteiger partial charge in [0.2, 0.25) is 0 Å². The number of anilines is 1. The van der Waals surface area contributed by atoms with Gasteiger partial charge in [-0.05, 0) is 72.2 Å². The van der Waals surface area contributed by atoms with Gasteiger partial charge in [0.25, 0.3) is 0 Å². The van der Waals surface area contributed by atoms with E-state index in [0.29, 0.717) is 6.54 Å². The third-order valence-electron chi connectivity index (χ3n) is 5.11. The highest BCUT2D eigenvalue weighted by molar-refractivity contribution is 7.99. The van der Waals surface area contributed by atoms with Crippen LogP contribution in [-0.2, 0) is 13.0 Å². The van der Waals surface area contributed by atoms with E-state index in [1.807, 2.05) is 36.0 Å². The zero-order valence-corrected chi connectivity index (χ0v) is 16.2. The highest BCUT2D eigenvalue weighted by Gasteiger charge is 2.41. The highest BCUT2D eigenvalue weighted by atomic mass is 35.5. The summed E-state index contributed by atoms with van der Waals surface area (Å²) in [6.45, 7) is 0.653. The average Bonchev–Trinajstić information content (AvgIpc) is 2.61. The van der Waals surface area contributed by atoms with Crippen LogP contribution < -0.4 is 5.32 Å². The number of hydrogen-bond acceptors (Lipinski definition) is 2. The van der Waals surface area contributed by atoms with Crippen molar-refractivity contribution in [3.63, 3.8) is 0 Å². The number of halogens is 2. The standard InChI is InChI=1S/C20H20Cl2N2S/c21-16-3-1-2-14(10-16)13-23-19-20(6-8-25-9-7-20)12-15-11-17(22)4-5-18(15)24-19/h1-5,10-11H,6-9,12-13H2,(H,23,24). The van der Waals surface area contributed by atoms with E-state index < -0.39 is 0 Å². The molecule has 0 aromatic heterocycles. The predicted molar refractivity (Wildman–Crippen MR) is 110 cm³/mol. The van der Waals surface area contributed by atoms with Crippen LogP contribution in [-0.4, -0.2) is 17.3 Å². The molecule has 1 saturated heterocycles. The number of aliphatic imine (C=N–C) groups is 1. The predicted octanol–water partition coefficient (Wildman–Crippen LogP) is 6.07. The Labute approximate surface area is 163 Å². The summed E-state index contributed by atoms with van der Waals surface area (Å²) in [5, 5.41) is 5.19. The van der Waals surface area contributed by atoms with Gasteiger partial charge in [-0.1, -0.05) is 35.3 Å². The van der Waals surface area contributed by atoms with E-state index in [1.165, 1.54) is 17.1 Å². The molecule has 130 valence electrons. The van der Waals surface area contributed by atoms with Gasteiger partial charge >= 0.3 is 0 Å². The van der Waals surface area contributed by atoms with Crippen molar-refractivity contribution in [2.24, 2.45) is 10.4 Å². The van der Waals surface area contributed by atoms with Crippen LogP contribution in [0, 0.1) is 5.41 Å². The molecule has 2 aliphatic rings. The first-order valence-electron chi connectivity index (χ1n) is 8.57. The molecule has 5 heteroatoms. The number of thioether (sulfide) groups is 1. The van der Waals surface area contributed by atoms with Gasteiger partial charge in [0.05, 0.1) is 6.54 Å². The maximum atomic E-state index is 6.22. The molecule has 0 aliphatic carbocycles. The lowest BCUT2D eigenvalue weighted by Crippen LogP contribution is -2.44. The molecule has 25 heavy (non-hydrogen) atoms. The van der Waals surface area contributed by atoms with E-state index in [-0.39, 0.29) is 5.41 Å². The molecule has 0 unspecified atom stereocenters. The Morgan fingerprint density at radius 2 is 1.84 bits per heavy atom. The van der Waals surface area contributed by atoms with Crippen LogP contribution >= 0.6 is 35.0 Å². The molecule has 2 heterocycles. The molecule has 2 aromatic carbocycles. The average molecular weight is 391 g/mol. The number of benzene rings is 2. The lowest BCUT2D eigenvalue weighted by molar-refractivity contribution is 0.377. The third kappa shape index (κ3) is 3.69. The summed E-state index contributed by atoms with van der Waals surface area (Å²) in [7, 11) is 0. The van der Waals surface area contributed by atoms with Crippen molar-refractivity contribution in [2.75, 3.05) is 16.8 Å². The van der Waals surface area contributed by atoms with E-state index in [2.05, 4.69) is 23.5 Å². The van der Waals surface area contributed by atoms with Crippen LogP contribution in [0.25, 0.3) is 0 Å². The largest absolute Gasteiger partial charge is 0.343 e. The van der Waals surface area contributed by atoms with Gasteiger partial charge in [0.15, 0.2) is 0 Å². The summed E-state index contributed by atoms with van der Waals surface area (Å²) in [6, 6.07) is 14.1. The van der Waals surface area contributed by atoms with Crippen LogP contribution in [0.3, 0.4) is 0 Å². The molecule has 1 fully saturated rings. The molecule has 1 N–H and O–H groups in total. The first kappa shape index (κ1) is 17.3. The normalized spacial score (nSPS) is 20.3. The zero-order valence-electron chi connectivity index (χ0n) is 13.9. The lowest BCUT2D eigenvalue weighted by atomic mass is 9.73. The van der Waals surface area contributed by atoms with Gasteiger partial charge in [-0.15, -0.1) is 0 Å². The second-order valence-electron chi connectivity index (χ2n) is 6.79. The quantitative estimate of drug-likeness (QED) is 0.672. The SMILES string of the molecule is Clc1cccc(CN=C2Nc3ccc(Cl)cc3CC23CCSCC3)c1. The molecule has 0 saturated carbocycles. The Kier molecular flexibility index (Phi) is 4.99. The number of amidine groups is 1. The Morgan fingerprint density at radius 1 is 1.04 bits per heavy atom. The summed E-state index contributed by atoms with van der Waals surface area (Å²) in [5.41, 5.74) is 3.70. The Balaban J connectivity index is 1.68. The summed E-state index contributed by atoms with van der Waals surface area (Å²) in [5.74, 6) is 3.50. The minimum absolute atomic E-state index is 0.113. The van der Waals surface area contributed by atoms with Crippen LogP contribution in [0.15, 0.2) is 47.5 Å². The van der Waals surface area contributed by atoms with Crippen molar-refractivity contribution in [2.45, 2.75) is 25.8 Å². The van der Waals surface area contributed by atoms with Crippen LogP contribution in [0.4, 0.5) is 5.69 Å². The minimum atomic E-state index is 0.113. The van der Waals surface area contributed by atoms with Gasteiger partial charge in [-0.2, -0.15) is 11.8 Å². The topological polar surface area (TPSA) is 24.4 Å². The summed E-state index contributed by atoms with van der Waals surface area (Å²) < 4.78 is 0. The Bertz CT molecular complexity index is 813. The number of nitrogens with one attached hydrogen (secondary N) is 1. The molecule has 0 amide bonds. The second kappa shape index (κ2) is 7.22. The fraction of sp³-hybridized carbons (Fsp3) is 0.350. The molecule has 0 radical (unpaired) electrons.